The Morgan fingerprint density at radius 3 is 2.36 bits per heavy atom. The molecule has 22 heavy (non-hydrogen) atoms. The van der Waals surface area contributed by atoms with Crippen LogP contribution in [0.2, 0.25) is 0 Å². The zero-order chi connectivity index (χ0) is 15.4. The third-order valence-corrected chi connectivity index (χ3v) is 5.47. The summed E-state index contributed by atoms with van der Waals surface area (Å²) in [7, 11) is 0. The molecule has 0 radical (unpaired) electrons. The van der Waals surface area contributed by atoms with Gasteiger partial charge in [-0.05, 0) is 74.8 Å². The molecule has 0 N–H and O–H groups in total. The molecule has 0 heterocycles. The Morgan fingerprint density at radius 2 is 1.73 bits per heavy atom. The van der Waals surface area contributed by atoms with Gasteiger partial charge in [-0.25, -0.2) is 0 Å². The van der Waals surface area contributed by atoms with Crippen molar-refractivity contribution in [1.29, 1.82) is 0 Å². The van der Waals surface area contributed by atoms with Gasteiger partial charge in [0.25, 0.3) is 0 Å². The lowest BCUT2D eigenvalue weighted by atomic mass is 9.86. The molecule has 1 aromatic rings. The smallest absolute Gasteiger partial charge is 0.0575 e. The Balaban J connectivity index is 1.45. The Hall–Kier alpha value is -1.08. The van der Waals surface area contributed by atoms with Gasteiger partial charge >= 0.3 is 0 Å². The SMILES string of the molecule is Cc1ccc(C2=CCC(COC3CCC(C)CC3)CC2)cc1. The number of allylic oxidation sites excluding steroid dienone is 2. The van der Waals surface area contributed by atoms with Crippen LogP contribution in [-0.2, 0) is 4.74 Å². The number of aryl methyl sites for hydroxylation is 1. The molecule has 2 aliphatic rings. The second kappa shape index (κ2) is 7.46. The van der Waals surface area contributed by atoms with Crippen LogP contribution in [0.3, 0.4) is 0 Å². The predicted octanol–water partition coefficient (Wildman–Crippen LogP) is 5.77. The minimum atomic E-state index is 0.540. The first kappa shape index (κ1) is 15.8. The highest BCUT2D eigenvalue weighted by Crippen LogP contribution is 2.32. The van der Waals surface area contributed by atoms with E-state index in [2.05, 4.69) is 44.2 Å². The number of benzene rings is 1. The number of rotatable bonds is 4. The minimum absolute atomic E-state index is 0.540. The van der Waals surface area contributed by atoms with Crippen LogP contribution in [0.15, 0.2) is 30.3 Å². The normalized spacial score (nSPS) is 29.2. The summed E-state index contributed by atoms with van der Waals surface area (Å²) in [6, 6.07) is 8.97. The first-order chi connectivity index (χ1) is 10.7. The van der Waals surface area contributed by atoms with Gasteiger partial charge in [-0.2, -0.15) is 0 Å². The van der Waals surface area contributed by atoms with Gasteiger partial charge in [0.1, 0.15) is 0 Å². The van der Waals surface area contributed by atoms with E-state index in [1.807, 2.05) is 0 Å². The Labute approximate surface area is 135 Å². The molecule has 3 rings (SSSR count). The summed E-state index contributed by atoms with van der Waals surface area (Å²) in [5.41, 5.74) is 4.28. The molecule has 1 unspecified atom stereocenters. The van der Waals surface area contributed by atoms with E-state index >= 15 is 0 Å². The number of hydrogen-bond donors (Lipinski definition) is 0. The Kier molecular flexibility index (Phi) is 5.36. The van der Waals surface area contributed by atoms with Crippen molar-refractivity contribution >= 4 is 5.57 Å². The van der Waals surface area contributed by atoms with Crippen molar-refractivity contribution < 1.29 is 4.74 Å². The molecule has 1 nitrogen and oxygen atoms in total. The molecule has 0 amide bonds. The number of ether oxygens (including phenoxy) is 1. The van der Waals surface area contributed by atoms with E-state index < -0.39 is 0 Å². The highest BCUT2D eigenvalue weighted by atomic mass is 16.5. The van der Waals surface area contributed by atoms with E-state index in [0.29, 0.717) is 6.10 Å². The summed E-state index contributed by atoms with van der Waals surface area (Å²) in [6.07, 6.45) is 11.9. The molecule has 1 atom stereocenters. The molecule has 1 fully saturated rings. The van der Waals surface area contributed by atoms with Gasteiger partial charge in [0, 0.05) is 0 Å². The summed E-state index contributed by atoms with van der Waals surface area (Å²) in [5.74, 6) is 1.64. The van der Waals surface area contributed by atoms with Crippen molar-refractivity contribution in [2.24, 2.45) is 11.8 Å². The van der Waals surface area contributed by atoms with Crippen molar-refractivity contribution in [3.8, 4) is 0 Å². The van der Waals surface area contributed by atoms with Gasteiger partial charge in [-0.1, -0.05) is 42.8 Å². The molecule has 1 aromatic carbocycles. The van der Waals surface area contributed by atoms with E-state index in [1.165, 1.54) is 61.6 Å². The summed E-state index contributed by atoms with van der Waals surface area (Å²) in [5, 5.41) is 0. The van der Waals surface area contributed by atoms with Gasteiger partial charge in [0.2, 0.25) is 0 Å². The molecule has 0 aromatic heterocycles. The minimum Gasteiger partial charge on any atom is -0.378 e. The average Bonchev–Trinajstić information content (AvgIpc) is 2.56. The highest BCUT2D eigenvalue weighted by Gasteiger charge is 2.21. The second-order valence-electron chi connectivity index (χ2n) is 7.45. The monoisotopic (exact) mass is 298 g/mol. The van der Waals surface area contributed by atoms with Gasteiger partial charge in [-0.3, -0.25) is 0 Å². The molecule has 0 aliphatic heterocycles. The zero-order valence-corrected chi connectivity index (χ0v) is 14.2. The largest absolute Gasteiger partial charge is 0.378 e. The zero-order valence-electron chi connectivity index (χ0n) is 14.2. The van der Waals surface area contributed by atoms with E-state index in [1.54, 1.807) is 0 Å². The average molecular weight is 298 g/mol. The van der Waals surface area contributed by atoms with E-state index in [-0.39, 0.29) is 0 Å². The maximum atomic E-state index is 6.20. The van der Waals surface area contributed by atoms with Crippen LogP contribution in [0, 0.1) is 18.8 Å². The molecular formula is C21H30O. The molecule has 0 bridgehead atoms. The fourth-order valence-corrected chi connectivity index (χ4v) is 3.74. The first-order valence-corrected chi connectivity index (χ1v) is 9.08. The van der Waals surface area contributed by atoms with Crippen LogP contribution in [-0.4, -0.2) is 12.7 Å². The van der Waals surface area contributed by atoms with Crippen LogP contribution in [0.25, 0.3) is 5.57 Å². The van der Waals surface area contributed by atoms with Crippen LogP contribution in [0.1, 0.15) is 63.0 Å². The number of hydrogen-bond acceptors (Lipinski definition) is 1. The summed E-state index contributed by atoms with van der Waals surface area (Å²) < 4.78 is 6.20. The maximum absolute atomic E-state index is 6.20. The second-order valence-corrected chi connectivity index (χ2v) is 7.45. The van der Waals surface area contributed by atoms with Crippen molar-refractivity contribution in [3.63, 3.8) is 0 Å². The van der Waals surface area contributed by atoms with Gasteiger partial charge < -0.3 is 4.74 Å². The summed E-state index contributed by atoms with van der Waals surface area (Å²) in [4.78, 5) is 0. The van der Waals surface area contributed by atoms with Crippen molar-refractivity contribution in [2.75, 3.05) is 6.61 Å². The fraction of sp³-hybridized carbons (Fsp3) is 0.619. The van der Waals surface area contributed by atoms with E-state index in [0.717, 1.165) is 18.4 Å². The molecular weight excluding hydrogens is 268 g/mol. The third-order valence-electron chi connectivity index (χ3n) is 5.47. The lowest BCUT2D eigenvalue weighted by molar-refractivity contribution is -0.000560. The molecule has 1 saturated carbocycles. The summed E-state index contributed by atoms with van der Waals surface area (Å²) in [6.45, 7) is 5.49. The maximum Gasteiger partial charge on any atom is 0.0575 e. The molecule has 0 spiro atoms. The summed E-state index contributed by atoms with van der Waals surface area (Å²) >= 11 is 0. The van der Waals surface area contributed by atoms with Gasteiger partial charge in [0.05, 0.1) is 12.7 Å². The van der Waals surface area contributed by atoms with Crippen molar-refractivity contribution in [2.45, 2.75) is 64.9 Å². The van der Waals surface area contributed by atoms with Crippen molar-refractivity contribution in [1.82, 2.24) is 0 Å². The molecule has 2 aliphatic carbocycles. The molecule has 1 heteroatoms. The van der Waals surface area contributed by atoms with E-state index in [4.69, 9.17) is 4.74 Å². The highest BCUT2D eigenvalue weighted by molar-refractivity contribution is 5.66. The topological polar surface area (TPSA) is 9.23 Å². The fourth-order valence-electron chi connectivity index (χ4n) is 3.74. The van der Waals surface area contributed by atoms with Crippen molar-refractivity contribution in [3.05, 3.63) is 41.5 Å². The standard InChI is InChI=1S/C21H30O/c1-16-3-9-19(10-4-16)20-11-7-18(8-12-20)15-22-21-13-5-17(2)6-14-21/h3-4,9-11,17-18,21H,5-8,12-15H2,1-2H3. The molecule has 0 saturated heterocycles. The lowest BCUT2D eigenvalue weighted by Gasteiger charge is -2.29. The Morgan fingerprint density at radius 1 is 1.00 bits per heavy atom. The first-order valence-electron chi connectivity index (χ1n) is 9.08. The van der Waals surface area contributed by atoms with E-state index in [9.17, 15) is 0 Å². The quantitative estimate of drug-likeness (QED) is 0.685. The van der Waals surface area contributed by atoms with Gasteiger partial charge in [-0.15, -0.1) is 0 Å². The van der Waals surface area contributed by atoms with Crippen LogP contribution in [0.4, 0.5) is 0 Å². The third kappa shape index (κ3) is 4.23. The van der Waals surface area contributed by atoms with Crippen LogP contribution in [0.5, 0.6) is 0 Å². The van der Waals surface area contributed by atoms with Crippen LogP contribution >= 0.6 is 0 Å². The molecule has 120 valence electrons. The lowest BCUT2D eigenvalue weighted by Crippen LogP contribution is -2.24. The van der Waals surface area contributed by atoms with Gasteiger partial charge in [0.15, 0.2) is 0 Å². The Bertz CT molecular complexity index is 491. The predicted molar refractivity (Wildman–Crippen MR) is 93.9 cm³/mol. The van der Waals surface area contributed by atoms with Crippen LogP contribution < -0.4 is 0 Å².